The van der Waals surface area contributed by atoms with Crippen molar-refractivity contribution in [2.75, 3.05) is 13.1 Å². The number of amides is 1. The summed E-state index contributed by atoms with van der Waals surface area (Å²) in [6, 6.07) is 8.34. The molecule has 3 aliphatic heterocycles. The number of benzene rings is 1. The molecule has 0 aromatic heterocycles. The highest BCUT2D eigenvalue weighted by Crippen LogP contribution is 2.54. The molecule has 5 nitrogen and oxygen atoms in total. The van der Waals surface area contributed by atoms with Crippen LogP contribution < -0.4 is 4.74 Å². The lowest BCUT2D eigenvalue weighted by molar-refractivity contribution is -0.190. The third kappa shape index (κ3) is 4.83. The summed E-state index contributed by atoms with van der Waals surface area (Å²) >= 11 is 0. The third-order valence-corrected chi connectivity index (χ3v) is 7.11. The van der Waals surface area contributed by atoms with Crippen molar-refractivity contribution in [3.63, 3.8) is 0 Å². The van der Waals surface area contributed by atoms with Crippen molar-refractivity contribution in [2.45, 2.75) is 90.6 Å². The number of piperidine rings is 1. The lowest BCUT2D eigenvalue weighted by atomic mass is 9.68. The number of carbonyl (C=O) groups excluding carboxylic acids is 1. The number of hydrogen-bond acceptors (Lipinski definition) is 4. The normalized spacial score (nSPS) is 31.5. The first-order chi connectivity index (χ1) is 15.1. The van der Waals surface area contributed by atoms with E-state index < -0.39 is 5.60 Å². The molecule has 0 saturated carbocycles. The van der Waals surface area contributed by atoms with E-state index >= 15 is 0 Å². The number of hydrogen-bond donors (Lipinski definition) is 0. The Bertz CT molecular complexity index is 869. The number of rotatable bonds is 3. The molecule has 5 heteroatoms. The van der Waals surface area contributed by atoms with Gasteiger partial charge in [-0.3, -0.25) is 0 Å². The predicted molar refractivity (Wildman–Crippen MR) is 126 cm³/mol. The fourth-order valence-corrected chi connectivity index (χ4v) is 5.52. The summed E-state index contributed by atoms with van der Waals surface area (Å²) in [5.74, 6) is 1.51. The quantitative estimate of drug-likeness (QED) is 0.517. The molecule has 4 rings (SSSR count). The summed E-state index contributed by atoms with van der Waals surface area (Å²) in [6.07, 6.45) is 6.08. The Hall–Kier alpha value is -2.01. The van der Waals surface area contributed by atoms with Gasteiger partial charge in [0.1, 0.15) is 17.0 Å². The van der Waals surface area contributed by atoms with Crippen LogP contribution in [0.5, 0.6) is 5.75 Å². The van der Waals surface area contributed by atoms with Crippen LogP contribution in [0, 0.1) is 11.8 Å². The molecule has 32 heavy (non-hydrogen) atoms. The number of carbonyl (C=O) groups is 1. The maximum atomic E-state index is 12.7. The number of allylic oxidation sites excluding steroid dienone is 2. The summed E-state index contributed by atoms with van der Waals surface area (Å²) in [7, 11) is 0. The molecule has 2 fully saturated rings. The van der Waals surface area contributed by atoms with Gasteiger partial charge in [0.25, 0.3) is 0 Å². The molecule has 1 aromatic rings. The lowest BCUT2D eigenvalue weighted by Crippen LogP contribution is -2.57. The molecule has 1 amide bonds. The zero-order valence-electron chi connectivity index (χ0n) is 20.5. The Morgan fingerprint density at radius 3 is 2.75 bits per heavy atom. The number of likely N-dealkylation sites (tertiary alicyclic amines) is 1. The molecule has 0 radical (unpaired) electrons. The van der Waals surface area contributed by atoms with Crippen molar-refractivity contribution in [1.29, 1.82) is 0 Å². The smallest absolute Gasteiger partial charge is 0.410 e. The molecule has 1 aromatic carbocycles. The summed E-state index contributed by atoms with van der Waals surface area (Å²) < 4.78 is 19.1. The Morgan fingerprint density at radius 1 is 1.28 bits per heavy atom. The fourth-order valence-electron chi connectivity index (χ4n) is 5.52. The van der Waals surface area contributed by atoms with Crippen molar-refractivity contribution < 1.29 is 19.0 Å². The van der Waals surface area contributed by atoms with Gasteiger partial charge in [-0.1, -0.05) is 29.8 Å². The van der Waals surface area contributed by atoms with Crippen molar-refractivity contribution in [3.8, 4) is 5.75 Å². The summed E-state index contributed by atoms with van der Waals surface area (Å²) in [6.45, 7) is 13.7. The van der Waals surface area contributed by atoms with E-state index in [0.29, 0.717) is 19.0 Å². The van der Waals surface area contributed by atoms with Crippen LogP contribution in [-0.4, -0.2) is 41.4 Å². The number of para-hydroxylation sites is 1. The average Bonchev–Trinajstić information content (AvgIpc) is 2.71. The van der Waals surface area contributed by atoms with E-state index in [1.807, 2.05) is 31.7 Å². The monoisotopic (exact) mass is 441 g/mol. The maximum Gasteiger partial charge on any atom is 0.410 e. The Kier molecular flexibility index (Phi) is 6.32. The first-order valence-electron chi connectivity index (χ1n) is 12.1. The first kappa shape index (κ1) is 23.2. The van der Waals surface area contributed by atoms with Crippen LogP contribution in [0.15, 0.2) is 35.9 Å². The summed E-state index contributed by atoms with van der Waals surface area (Å²) in [5.41, 5.74) is 1.73. The van der Waals surface area contributed by atoms with Crippen LogP contribution in [0.4, 0.5) is 4.79 Å². The van der Waals surface area contributed by atoms with Crippen molar-refractivity contribution in [2.24, 2.45) is 11.8 Å². The van der Waals surface area contributed by atoms with E-state index in [0.717, 1.165) is 31.4 Å². The minimum Gasteiger partial charge on any atom is -0.487 e. The van der Waals surface area contributed by atoms with Crippen LogP contribution in [0.25, 0.3) is 0 Å². The maximum absolute atomic E-state index is 12.7. The second-order valence-corrected chi connectivity index (χ2v) is 11.2. The first-order valence-corrected chi connectivity index (χ1v) is 12.1. The minimum absolute atomic E-state index is 0.0472. The highest BCUT2D eigenvalue weighted by molar-refractivity contribution is 5.68. The number of fused-ring (bicyclic) bond motifs is 4. The van der Waals surface area contributed by atoms with Gasteiger partial charge in [0, 0.05) is 30.5 Å². The molecule has 176 valence electrons. The molecule has 0 spiro atoms. The van der Waals surface area contributed by atoms with E-state index in [9.17, 15) is 4.79 Å². The van der Waals surface area contributed by atoms with Gasteiger partial charge in [0.15, 0.2) is 0 Å². The highest BCUT2D eigenvalue weighted by Gasteiger charge is 2.53. The summed E-state index contributed by atoms with van der Waals surface area (Å²) in [4.78, 5) is 14.6. The van der Waals surface area contributed by atoms with E-state index in [2.05, 4.69) is 45.0 Å². The van der Waals surface area contributed by atoms with Gasteiger partial charge in [0.2, 0.25) is 0 Å². The molecule has 2 saturated heterocycles. The Morgan fingerprint density at radius 2 is 2.03 bits per heavy atom. The topological polar surface area (TPSA) is 48.0 Å². The molecular formula is C27H39NO4. The fraction of sp³-hybridized carbons (Fsp3) is 0.667. The van der Waals surface area contributed by atoms with Crippen LogP contribution in [0.2, 0.25) is 0 Å². The van der Waals surface area contributed by atoms with E-state index in [1.165, 1.54) is 11.1 Å². The van der Waals surface area contributed by atoms with Crippen LogP contribution >= 0.6 is 0 Å². The van der Waals surface area contributed by atoms with Gasteiger partial charge in [0.05, 0.1) is 12.2 Å². The largest absolute Gasteiger partial charge is 0.487 e. The van der Waals surface area contributed by atoms with Crippen molar-refractivity contribution in [1.82, 2.24) is 4.90 Å². The SMILES string of the molecule is CC(C)=CCC[C@]1(C)Oc2ccccc2[C@H]2O[C@H]3CCN(C(=O)OC(C)(C)C)C[C@H]3C[C@@H]21. The predicted octanol–water partition coefficient (Wildman–Crippen LogP) is 6.29. The van der Waals surface area contributed by atoms with E-state index in [1.54, 1.807) is 0 Å². The average molecular weight is 442 g/mol. The third-order valence-electron chi connectivity index (χ3n) is 7.11. The molecule has 3 heterocycles. The zero-order valence-corrected chi connectivity index (χ0v) is 20.5. The molecule has 5 atom stereocenters. The molecule has 0 bridgehead atoms. The number of ether oxygens (including phenoxy) is 3. The summed E-state index contributed by atoms with van der Waals surface area (Å²) in [5, 5.41) is 0. The lowest BCUT2D eigenvalue weighted by Gasteiger charge is -2.54. The standard InChI is InChI=1S/C27H39NO4/c1-18(2)10-9-14-27(6)21-16-19-17-28(25(29)32-26(3,4)5)15-13-22(19)30-24(21)20-11-7-8-12-23(20)31-27/h7-8,10-12,19,21-22,24H,9,13-17H2,1-6H3/t19-,21+,22+,24-,27+/m1/s1. The molecule has 0 unspecified atom stereocenters. The van der Waals surface area contributed by atoms with Crippen molar-refractivity contribution in [3.05, 3.63) is 41.5 Å². The molecular weight excluding hydrogens is 402 g/mol. The molecule has 3 aliphatic rings. The molecule has 0 aliphatic carbocycles. The second-order valence-electron chi connectivity index (χ2n) is 11.2. The zero-order chi connectivity index (χ0) is 23.1. The van der Waals surface area contributed by atoms with Gasteiger partial charge in [-0.2, -0.15) is 0 Å². The van der Waals surface area contributed by atoms with Gasteiger partial charge < -0.3 is 19.1 Å². The number of nitrogens with zero attached hydrogens (tertiary/aromatic N) is 1. The van der Waals surface area contributed by atoms with Crippen LogP contribution in [-0.2, 0) is 9.47 Å². The second kappa shape index (κ2) is 8.74. The van der Waals surface area contributed by atoms with E-state index in [-0.39, 0.29) is 29.8 Å². The van der Waals surface area contributed by atoms with Crippen LogP contribution in [0.1, 0.15) is 78.9 Å². The van der Waals surface area contributed by atoms with Crippen molar-refractivity contribution >= 4 is 6.09 Å². The highest BCUT2D eigenvalue weighted by atomic mass is 16.6. The Labute approximate surface area is 193 Å². The van der Waals surface area contributed by atoms with Crippen LogP contribution in [0.3, 0.4) is 0 Å². The Balaban J connectivity index is 1.56. The van der Waals surface area contributed by atoms with Gasteiger partial charge in [-0.25, -0.2) is 4.79 Å². The molecule has 0 N–H and O–H groups in total. The van der Waals surface area contributed by atoms with E-state index in [4.69, 9.17) is 14.2 Å². The minimum atomic E-state index is -0.480. The van der Waals surface area contributed by atoms with Gasteiger partial charge in [-0.05, 0) is 73.3 Å². The van der Waals surface area contributed by atoms with Gasteiger partial charge in [-0.15, -0.1) is 0 Å². The van der Waals surface area contributed by atoms with Gasteiger partial charge >= 0.3 is 6.09 Å².